The van der Waals surface area contributed by atoms with Gasteiger partial charge in [-0.25, -0.2) is 8.42 Å². The quantitative estimate of drug-likeness (QED) is 0.503. The first kappa shape index (κ1) is 24.4. The number of rotatable bonds is 5. The maximum Gasteiger partial charge on any atom is 0.573 e. The number of methoxy groups -OCH3 is 1. The lowest BCUT2D eigenvalue weighted by Crippen LogP contribution is -2.49. The van der Waals surface area contributed by atoms with Crippen LogP contribution in [0.15, 0.2) is 70.4 Å². The molecule has 0 saturated carbocycles. The third kappa shape index (κ3) is 4.60. The van der Waals surface area contributed by atoms with Crippen LogP contribution < -0.4 is 15.0 Å². The van der Waals surface area contributed by atoms with E-state index >= 15 is 0 Å². The first-order valence-corrected chi connectivity index (χ1v) is 12.7. The van der Waals surface area contributed by atoms with Gasteiger partial charge in [0.05, 0.1) is 12.0 Å². The minimum absolute atomic E-state index is 0.0419. The number of alkyl halides is 3. The highest BCUT2D eigenvalue weighted by molar-refractivity contribution is 7.89. The Bertz CT molecular complexity index is 1430. The van der Waals surface area contributed by atoms with Crippen LogP contribution in [0.5, 0.6) is 11.5 Å². The third-order valence-corrected chi connectivity index (χ3v) is 8.50. The van der Waals surface area contributed by atoms with Crippen molar-refractivity contribution in [2.45, 2.75) is 30.1 Å². The zero-order valence-electron chi connectivity index (χ0n) is 19.2. The lowest BCUT2D eigenvalue weighted by molar-refractivity contribution is -0.274. The Balaban J connectivity index is 1.49. The Morgan fingerprint density at radius 1 is 0.889 bits per heavy atom. The fourth-order valence-electron chi connectivity index (χ4n) is 5.14. The Morgan fingerprint density at radius 2 is 1.56 bits per heavy atom. The van der Waals surface area contributed by atoms with E-state index in [0.29, 0.717) is 42.1 Å². The van der Waals surface area contributed by atoms with E-state index in [4.69, 9.17) is 4.74 Å². The maximum absolute atomic E-state index is 13.4. The summed E-state index contributed by atoms with van der Waals surface area (Å²) >= 11 is 0. The second kappa shape index (κ2) is 8.97. The topological polar surface area (TPSA) is 77.8 Å². The molecule has 0 radical (unpaired) electrons. The largest absolute Gasteiger partial charge is 0.573 e. The standard InChI is InChI=1S/C25H23F3N2O5S/c1-34-19-6-8-21(9-7-19)36(32,33)29-13-16-12-18(15-29)24-22(10-11-23(31)30(24)14-16)17-2-4-20(5-3-17)35-25(26,27)28/h2-11,16,18H,12-15H2,1H3/t16-,18-/m1/s1. The number of hydrogen-bond acceptors (Lipinski definition) is 5. The zero-order chi connectivity index (χ0) is 25.7. The first-order chi connectivity index (χ1) is 17.0. The van der Waals surface area contributed by atoms with Crippen LogP contribution in [0, 0.1) is 5.92 Å². The Hall–Kier alpha value is -3.31. The first-order valence-electron chi connectivity index (χ1n) is 11.3. The van der Waals surface area contributed by atoms with Gasteiger partial charge in [-0.05, 0) is 60.4 Å². The van der Waals surface area contributed by atoms with Gasteiger partial charge in [0, 0.05) is 42.9 Å². The average molecular weight is 521 g/mol. The minimum atomic E-state index is -4.79. The van der Waals surface area contributed by atoms with Crippen LogP contribution in [0.4, 0.5) is 13.2 Å². The van der Waals surface area contributed by atoms with Crippen molar-refractivity contribution in [3.05, 3.63) is 76.7 Å². The molecule has 2 aliphatic heterocycles. The van der Waals surface area contributed by atoms with Gasteiger partial charge >= 0.3 is 6.36 Å². The number of sulfonamides is 1. The van der Waals surface area contributed by atoms with Crippen molar-refractivity contribution in [1.29, 1.82) is 0 Å². The van der Waals surface area contributed by atoms with Crippen molar-refractivity contribution >= 4 is 10.0 Å². The summed E-state index contributed by atoms with van der Waals surface area (Å²) in [7, 11) is -2.27. The molecule has 2 aromatic carbocycles. The number of ether oxygens (including phenoxy) is 2. The van der Waals surface area contributed by atoms with Crippen molar-refractivity contribution < 1.29 is 31.1 Å². The van der Waals surface area contributed by atoms with Gasteiger partial charge < -0.3 is 14.0 Å². The zero-order valence-corrected chi connectivity index (χ0v) is 20.1. The SMILES string of the molecule is COc1ccc(S(=O)(=O)N2C[C@H]3C[C@H](C2)c2c(-c4ccc(OC(F)(F)F)cc4)ccc(=O)n2C3)cc1. The second-order valence-corrected chi connectivity index (χ2v) is 10.9. The molecule has 0 spiro atoms. The number of halogens is 3. The number of piperidine rings is 1. The second-order valence-electron chi connectivity index (χ2n) is 8.95. The van der Waals surface area contributed by atoms with Crippen LogP contribution >= 0.6 is 0 Å². The monoisotopic (exact) mass is 520 g/mol. The molecule has 1 saturated heterocycles. The van der Waals surface area contributed by atoms with Crippen molar-refractivity contribution in [1.82, 2.24) is 8.87 Å². The van der Waals surface area contributed by atoms with E-state index in [1.807, 2.05) is 0 Å². The molecule has 2 aliphatic rings. The lowest BCUT2D eigenvalue weighted by Gasteiger charge is -2.42. The molecule has 0 amide bonds. The number of aromatic nitrogens is 1. The molecule has 0 N–H and O–H groups in total. The minimum Gasteiger partial charge on any atom is -0.497 e. The molecule has 190 valence electrons. The number of benzene rings is 2. The summed E-state index contributed by atoms with van der Waals surface area (Å²) in [6, 6.07) is 14.7. The number of pyridine rings is 1. The fourth-order valence-corrected chi connectivity index (χ4v) is 6.71. The highest BCUT2D eigenvalue weighted by atomic mass is 32.2. The summed E-state index contributed by atoms with van der Waals surface area (Å²) in [4.78, 5) is 12.9. The average Bonchev–Trinajstić information content (AvgIpc) is 2.84. The van der Waals surface area contributed by atoms with E-state index in [9.17, 15) is 26.4 Å². The molecule has 5 rings (SSSR count). The van der Waals surface area contributed by atoms with Crippen LogP contribution in [0.1, 0.15) is 18.0 Å². The third-order valence-electron chi connectivity index (χ3n) is 6.65. The maximum atomic E-state index is 13.4. The van der Waals surface area contributed by atoms with Crippen LogP contribution in [-0.4, -0.2) is 43.9 Å². The molecule has 7 nitrogen and oxygen atoms in total. The molecule has 36 heavy (non-hydrogen) atoms. The van der Waals surface area contributed by atoms with Crippen molar-refractivity contribution in [2.75, 3.05) is 20.2 Å². The molecular formula is C25H23F3N2O5S. The predicted molar refractivity (Wildman–Crippen MR) is 125 cm³/mol. The van der Waals surface area contributed by atoms with E-state index in [-0.39, 0.29) is 34.6 Å². The molecule has 1 fully saturated rings. The van der Waals surface area contributed by atoms with Gasteiger partial charge in [0.2, 0.25) is 10.0 Å². The lowest BCUT2D eigenvalue weighted by atomic mass is 9.81. The van der Waals surface area contributed by atoms with Gasteiger partial charge in [-0.3, -0.25) is 4.79 Å². The summed E-state index contributed by atoms with van der Waals surface area (Å²) in [5.74, 6) is -0.0860. The van der Waals surface area contributed by atoms with Crippen molar-refractivity contribution in [2.24, 2.45) is 5.92 Å². The van der Waals surface area contributed by atoms with E-state index < -0.39 is 16.4 Å². The van der Waals surface area contributed by atoms with Gasteiger partial charge in [-0.15, -0.1) is 13.2 Å². The smallest absolute Gasteiger partial charge is 0.497 e. The van der Waals surface area contributed by atoms with Crippen molar-refractivity contribution in [3.8, 4) is 22.6 Å². The molecular weight excluding hydrogens is 497 g/mol. The number of hydrogen-bond donors (Lipinski definition) is 0. The summed E-state index contributed by atoms with van der Waals surface area (Å²) in [5.41, 5.74) is 1.80. The highest BCUT2D eigenvalue weighted by Crippen LogP contribution is 2.41. The van der Waals surface area contributed by atoms with Crippen LogP contribution in [0.25, 0.3) is 11.1 Å². The van der Waals surface area contributed by atoms with E-state index in [2.05, 4.69) is 4.74 Å². The molecule has 2 atom stereocenters. The Morgan fingerprint density at radius 3 is 2.19 bits per heavy atom. The summed E-state index contributed by atoms with van der Waals surface area (Å²) in [5, 5.41) is 0. The molecule has 0 unspecified atom stereocenters. The van der Waals surface area contributed by atoms with Gasteiger partial charge in [0.1, 0.15) is 11.5 Å². The van der Waals surface area contributed by atoms with Crippen LogP contribution in [0.2, 0.25) is 0 Å². The van der Waals surface area contributed by atoms with Crippen molar-refractivity contribution in [3.63, 3.8) is 0 Å². The molecule has 3 heterocycles. The summed E-state index contributed by atoms with van der Waals surface area (Å²) < 4.78 is 76.7. The molecule has 3 aromatic rings. The van der Waals surface area contributed by atoms with Crippen LogP contribution in [0.3, 0.4) is 0 Å². The highest BCUT2D eigenvalue weighted by Gasteiger charge is 2.40. The van der Waals surface area contributed by atoms with Gasteiger partial charge in [-0.2, -0.15) is 4.31 Å². The summed E-state index contributed by atoms with van der Waals surface area (Å²) in [6.45, 7) is 0.851. The number of fused-ring (bicyclic) bond motifs is 4. The summed E-state index contributed by atoms with van der Waals surface area (Å²) in [6.07, 6.45) is -4.09. The Kier molecular flexibility index (Phi) is 6.08. The number of nitrogens with zero attached hydrogens (tertiary/aromatic N) is 2. The van der Waals surface area contributed by atoms with E-state index in [1.54, 1.807) is 22.8 Å². The van der Waals surface area contributed by atoms with Gasteiger partial charge in [0.25, 0.3) is 5.56 Å². The predicted octanol–water partition coefficient (Wildman–Crippen LogP) is 4.23. The van der Waals surface area contributed by atoms with E-state index in [1.165, 1.54) is 53.9 Å². The molecule has 1 aromatic heterocycles. The fraction of sp³-hybridized carbons (Fsp3) is 0.320. The van der Waals surface area contributed by atoms with Crippen LogP contribution in [-0.2, 0) is 16.6 Å². The van der Waals surface area contributed by atoms with Gasteiger partial charge in [-0.1, -0.05) is 12.1 Å². The molecule has 2 bridgehead atoms. The normalized spacial score (nSPS) is 20.0. The van der Waals surface area contributed by atoms with E-state index in [0.717, 1.165) is 0 Å². The van der Waals surface area contributed by atoms with Gasteiger partial charge in [0.15, 0.2) is 0 Å². The molecule has 11 heteroatoms. The Labute approximate surface area is 205 Å². The molecule has 0 aliphatic carbocycles.